The van der Waals surface area contributed by atoms with Crippen molar-refractivity contribution in [3.05, 3.63) is 19.9 Å². The van der Waals surface area contributed by atoms with Gasteiger partial charge in [-0.2, -0.15) is 0 Å². The van der Waals surface area contributed by atoms with Gasteiger partial charge in [0.1, 0.15) is 0 Å². The Morgan fingerprint density at radius 3 is 2.82 bits per heavy atom. The van der Waals surface area contributed by atoms with Crippen LogP contribution in [0.15, 0.2) is 11.4 Å². The maximum absolute atomic E-state index is 12.3. The van der Waals surface area contributed by atoms with Crippen LogP contribution >= 0.6 is 49.9 Å². The number of rotatable bonds is 2. The summed E-state index contributed by atoms with van der Waals surface area (Å²) in [5.74, 6) is 0.153. The highest BCUT2D eigenvalue weighted by Gasteiger charge is 2.29. The first-order chi connectivity index (χ1) is 8.09. The number of amides is 1. The van der Waals surface area contributed by atoms with Gasteiger partial charge in [-0.15, -0.1) is 11.3 Å². The molecule has 2 unspecified atom stereocenters. The number of thiophene rings is 1. The van der Waals surface area contributed by atoms with Gasteiger partial charge in [0.15, 0.2) is 0 Å². The van der Waals surface area contributed by atoms with Gasteiger partial charge in [-0.3, -0.25) is 4.79 Å². The van der Waals surface area contributed by atoms with Gasteiger partial charge in [0.25, 0.3) is 5.91 Å². The third-order valence-electron chi connectivity index (χ3n) is 3.28. The molecule has 0 radical (unpaired) electrons. The number of carbonyl (C=O) groups is 1. The minimum atomic E-state index is 0.153. The normalized spacial score (nSPS) is 24.6. The lowest BCUT2D eigenvalue weighted by molar-refractivity contribution is 0.0705. The van der Waals surface area contributed by atoms with Crippen molar-refractivity contribution in [3.63, 3.8) is 0 Å². The first-order valence-corrected chi connectivity index (χ1v) is 8.62. The summed E-state index contributed by atoms with van der Waals surface area (Å²) in [7, 11) is 1.93. The highest BCUT2D eigenvalue weighted by Crippen LogP contribution is 2.29. The number of carbonyl (C=O) groups excluding carboxylic acids is 1. The van der Waals surface area contributed by atoms with Crippen molar-refractivity contribution in [1.29, 1.82) is 0 Å². The minimum Gasteiger partial charge on any atom is -0.338 e. The van der Waals surface area contributed by atoms with E-state index >= 15 is 0 Å². The Balaban J connectivity index is 2.08. The fourth-order valence-corrected chi connectivity index (χ4v) is 4.54. The van der Waals surface area contributed by atoms with E-state index in [0.29, 0.717) is 10.9 Å². The minimum absolute atomic E-state index is 0.153. The SMILES string of the molecule is CN(C(=O)c1csc(I)c1)C1CCCCC1Br. The molecule has 1 amide bonds. The van der Waals surface area contributed by atoms with Gasteiger partial charge >= 0.3 is 0 Å². The van der Waals surface area contributed by atoms with E-state index in [2.05, 4.69) is 38.5 Å². The lowest BCUT2D eigenvalue weighted by atomic mass is 9.94. The van der Waals surface area contributed by atoms with Crippen molar-refractivity contribution in [3.8, 4) is 0 Å². The summed E-state index contributed by atoms with van der Waals surface area (Å²) in [5.41, 5.74) is 0.826. The smallest absolute Gasteiger partial charge is 0.254 e. The molecule has 2 nitrogen and oxygen atoms in total. The molecule has 1 aromatic rings. The Bertz CT molecular complexity index is 409. The Hall–Kier alpha value is 0.380. The average molecular weight is 428 g/mol. The maximum atomic E-state index is 12.3. The molecule has 0 spiro atoms. The molecule has 2 rings (SSSR count). The molecule has 1 aromatic heterocycles. The number of alkyl halides is 1. The summed E-state index contributed by atoms with van der Waals surface area (Å²) in [5, 5.41) is 1.95. The van der Waals surface area contributed by atoms with Gasteiger partial charge in [-0.25, -0.2) is 0 Å². The van der Waals surface area contributed by atoms with E-state index in [1.807, 2.05) is 23.4 Å². The molecule has 0 saturated heterocycles. The second kappa shape index (κ2) is 6.02. The van der Waals surface area contributed by atoms with E-state index in [0.717, 1.165) is 12.0 Å². The summed E-state index contributed by atoms with van der Waals surface area (Å²) >= 11 is 7.59. The number of halogens is 2. The molecule has 2 atom stereocenters. The Morgan fingerprint density at radius 1 is 1.53 bits per heavy atom. The van der Waals surface area contributed by atoms with Crippen LogP contribution in [0.4, 0.5) is 0 Å². The first kappa shape index (κ1) is 13.8. The second-order valence-corrected chi connectivity index (χ2v) is 8.40. The zero-order valence-corrected chi connectivity index (χ0v) is 14.2. The monoisotopic (exact) mass is 427 g/mol. The molecule has 0 N–H and O–H groups in total. The summed E-state index contributed by atoms with van der Waals surface area (Å²) in [6.45, 7) is 0. The van der Waals surface area contributed by atoms with Gasteiger partial charge in [-0.05, 0) is 41.5 Å². The molecular weight excluding hydrogens is 413 g/mol. The van der Waals surface area contributed by atoms with Crippen molar-refractivity contribution in [2.45, 2.75) is 36.6 Å². The van der Waals surface area contributed by atoms with E-state index < -0.39 is 0 Å². The zero-order chi connectivity index (χ0) is 12.4. The topological polar surface area (TPSA) is 20.3 Å². The Morgan fingerprint density at radius 2 is 2.24 bits per heavy atom. The highest BCUT2D eigenvalue weighted by atomic mass is 127. The Kier molecular flexibility index (Phi) is 4.88. The summed E-state index contributed by atoms with van der Waals surface area (Å²) in [6, 6.07) is 2.31. The summed E-state index contributed by atoms with van der Waals surface area (Å²) < 4.78 is 1.17. The molecule has 5 heteroatoms. The van der Waals surface area contributed by atoms with Crippen LogP contribution in [-0.4, -0.2) is 28.7 Å². The predicted octanol–water partition coefficient (Wildman–Crippen LogP) is 4.13. The van der Waals surface area contributed by atoms with Crippen LogP contribution in [-0.2, 0) is 0 Å². The van der Waals surface area contributed by atoms with E-state index in [-0.39, 0.29) is 5.91 Å². The van der Waals surface area contributed by atoms with E-state index in [9.17, 15) is 4.79 Å². The van der Waals surface area contributed by atoms with Crippen LogP contribution in [0.3, 0.4) is 0 Å². The number of hydrogen-bond acceptors (Lipinski definition) is 2. The van der Waals surface area contributed by atoms with E-state index in [1.165, 1.54) is 22.1 Å². The molecule has 1 aliphatic rings. The molecule has 0 bridgehead atoms. The standard InChI is InChI=1S/C12H15BrINOS/c1-15(10-5-3-2-4-9(10)13)12(16)8-6-11(14)17-7-8/h6-7,9-10H,2-5H2,1H3. The fraction of sp³-hybridized carbons (Fsp3) is 0.583. The zero-order valence-electron chi connectivity index (χ0n) is 9.66. The van der Waals surface area contributed by atoms with Gasteiger partial charge < -0.3 is 4.90 Å². The van der Waals surface area contributed by atoms with Crippen LogP contribution in [0.25, 0.3) is 0 Å². The van der Waals surface area contributed by atoms with Crippen LogP contribution in [0, 0.1) is 2.88 Å². The first-order valence-electron chi connectivity index (χ1n) is 5.75. The third kappa shape index (κ3) is 3.23. The summed E-state index contributed by atoms with van der Waals surface area (Å²) in [4.78, 5) is 14.7. The number of hydrogen-bond donors (Lipinski definition) is 0. The molecule has 1 aliphatic carbocycles. The lowest BCUT2D eigenvalue weighted by Gasteiger charge is -2.35. The van der Waals surface area contributed by atoms with Gasteiger partial charge in [0.05, 0.1) is 8.45 Å². The second-order valence-electron chi connectivity index (χ2n) is 4.42. The molecule has 1 fully saturated rings. The quantitative estimate of drug-likeness (QED) is 0.513. The molecular formula is C12H15BrINOS. The molecule has 17 heavy (non-hydrogen) atoms. The van der Waals surface area contributed by atoms with Crippen LogP contribution in [0.5, 0.6) is 0 Å². The molecule has 1 saturated carbocycles. The van der Waals surface area contributed by atoms with Gasteiger partial charge in [0, 0.05) is 23.3 Å². The largest absolute Gasteiger partial charge is 0.338 e. The maximum Gasteiger partial charge on any atom is 0.254 e. The summed E-state index contributed by atoms with van der Waals surface area (Å²) in [6.07, 6.45) is 4.78. The van der Waals surface area contributed by atoms with Crippen molar-refractivity contribution < 1.29 is 4.79 Å². The van der Waals surface area contributed by atoms with Crippen molar-refractivity contribution in [1.82, 2.24) is 4.90 Å². The number of nitrogens with zero attached hydrogens (tertiary/aromatic N) is 1. The van der Waals surface area contributed by atoms with Crippen LogP contribution in [0.1, 0.15) is 36.0 Å². The van der Waals surface area contributed by atoms with Crippen LogP contribution < -0.4 is 0 Å². The predicted molar refractivity (Wildman–Crippen MR) is 84.1 cm³/mol. The molecule has 1 heterocycles. The van der Waals surface area contributed by atoms with Crippen molar-refractivity contribution in [2.24, 2.45) is 0 Å². The van der Waals surface area contributed by atoms with Crippen LogP contribution in [0.2, 0.25) is 0 Å². The van der Waals surface area contributed by atoms with E-state index in [1.54, 1.807) is 11.3 Å². The average Bonchev–Trinajstić information content (AvgIpc) is 2.75. The van der Waals surface area contributed by atoms with E-state index in [4.69, 9.17) is 0 Å². The van der Waals surface area contributed by atoms with Crippen molar-refractivity contribution in [2.75, 3.05) is 7.05 Å². The van der Waals surface area contributed by atoms with Crippen molar-refractivity contribution >= 4 is 55.8 Å². The highest BCUT2D eigenvalue weighted by molar-refractivity contribution is 14.1. The Labute approximate surface area is 128 Å². The lowest BCUT2D eigenvalue weighted by Crippen LogP contribution is -2.43. The molecule has 94 valence electrons. The third-order valence-corrected chi connectivity index (χ3v) is 6.14. The fourth-order valence-electron chi connectivity index (χ4n) is 2.28. The van der Waals surface area contributed by atoms with Gasteiger partial charge in [0.2, 0.25) is 0 Å². The molecule has 0 aromatic carbocycles. The molecule has 0 aliphatic heterocycles. The van der Waals surface area contributed by atoms with Gasteiger partial charge in [-0.1, -0.05) is 28.8 Å².